The molecule has 0 spiro atoms. The zero-order valence-electron chi connectivity index (χ0n) is 16.7. The molecule has 1 aliphatic rings. The molecular formula is C22H30N3O2+. The molecular weight excluding hydrogens is 338 g/mol. The Balaban J connectivity index is 1.59. The Morgan fingerprint density at radius 2 is 1.63 bits per heavy atom. The number of nitrogens with one attached hydrogen (secondary N) is 2. The van der Waals surface area contributed by atoms with Crippen molar-refractivity contribution < 1.29 is 14.8 Å². The summed E-state index contributed by atoms with van der Waals surface area (Å²) in [6.45, 7) is 11.8. The number of anilines is 2. The number of phenols is 1. The summed E-state index contributed by atoms with van der Waals surface area (Å²) in [5, 5.41) is 12.6. The summed E-state index contributed by atoms with van der Waals surface area (Å²) >= 11 is 0. The predicted molar refractivity (Wildman–Crippen MR) is 110 cm³/mol. The largest absolute Gasteiger partial charge is 0.508 e. The Bertz CT molecular complexity index is 786. The summed E-state index contributed by atoms with van der Waals surface area (Å²) < 4.78 is 0. The number of carbonyl (C=O) groups is 1. The van der Waals surface area contributed by atoms with Crippen molar-refractivity contribution in [1.29, 1.82) is 0 Å². The average Bonchev–Trinajstić information content (AvgIpc) is 2.64. The molecule has 1 atom stereocenters. The number of aryl methyl sites for hydroxylation is 3. The summed E-state index contributed by atoms with van der Waals surface area (Å²) in [4.78, 5) is 16.4. The van der Waals surface area contributed by atoms with Gasteiger partial charge in [0.1, 0.15) is 5.75 Å². The van der Waals surface area contributed by atoms with Gasteiger partial charge in [-0.2, -0.15) is 0 Å². The highest BCUT2D eigenvalue weighted by molar-refractivity contribution is 5.95. The van der Waals surface area contributed by atoms with Crippen LogP contribution in [0.1, 0.15) is 23.6 Å². The third kappa shape index (κ3) is 4.42. The van der Waals surface area contributed by atoms with E-state index < -0.39 is 0 Å². The molecule has 0 unspecified atom stereocenters. The summed E-state index contributed by atoms with van der Waals surface area (Å²) in [6.07, 6.45) is 0. The lowest BCUT2D eigenvalue weighted by Gasteiger charge is -2.36. The van der Waals surface area contributed by atoms with Gasteiger partial charge in [0.15, 0.2) is 6.04 Å². The van der Waals surface area contributed by atoms with Crippen LogP contribution in [0.15, 0.2) is 36.4 Å². The minimum absolute atomic E-state index is 0.0816. The number of aromatic hydroxyl groups is 1. The van der Waals surface area contributed by atoms with Crippen LogP contribution in [0.3, 0.4) is 0 Å². The van der Waals surface area contributed by atoms with Gasteiger partial charge in [0.05, 0.1) is 26.2 Å². The fourth-order valence-electron chi connectivity index (χ4n) is 3.94. The van der Waals surface area contributed by atoms with Gasteiger partial charge in [0.2, 0.25) is 0 Å². The highest BCUT2D eigenvalue weighted by Gasteiger charge is 2.29. The molecule has 144 valence electrons. The molecule has 2 aromatic carbocycles. The van der Waals surface area contributed by atoms with Crippen molar-refractivity contribution in [3.8, 4) is 5.75 Å². The minimum Gasteiger partial charge on any atom is -0.508 e. The Morgan fingerprint density at radius 3 is 2.19 bits per heavy atom. The number of hydrogen-bond acceptors (Lipinski definition) is 3. The van der Waals surface area contributed by atoms with E-state index in [4.69, 9.17) is 0 Å². The maximum Gasteiger partial charge on any atom is 0.282 e. The molecule has 0 aliphatic carbocycles. The first-order valence-electron chi connectivity index (χ1n) is 9.62. The van der Waals surface area contributed by atoms with E-state index in [1.54, 1.807) is 12.1 Å². The standard InChI is InChI=1S/C22H29N3O2/c1-15-13-16(2)21(17(3)14-15)23-22(27)18(4)24-9-11-25(12-10-24)19-5-7-20(26)8-6-19/h5-8,13-14,18,26H,9-12H2,1-4H3,(H,23,27)/p+1/t18-/m0/s1. The molecule has 27 heavy (non-hydrogen) atoms. The van der Waals surface area contributed by atoms with Gasteiger partial charge in [0, 0.05) is 11.4 Å². The normalized spacial score (nSPS) is 16.2. The van der Waals surface area contributed by atoms with E-state index in [1.807, 2.05) is 32.9 Å². The van der Waals surface area contributed by atoms with Crippen molar-refractivity contribution in [3.63, 3.8) is 0 Å². The maximum atomic E-state index is 12.8. The van der Waals surface area contributed by atoms with Crippen molar-refractivity contribution in [2.75, 3.05) is 36.4 Å². The second kappa shape index (κ2) is 8.01. The quantitative estimate of drug-likeness (QED) is 0.774. The van der Waals surface area contributed by atoms with Gasteiger partial charge < -0.3 is 20.2 Å². The number of quaternary nitrogens is 1. The summed E-state index contributed by atoms with van der Waals surface area (Å²) in [5.74, 6) is 0.369. The second-order valence-corrected chi connectivity index (χ2v) is 7.65. The lowest BCUT2D eigenvalue weighted by molar-refractivity contribution is -0.914. The summed E-state index contributed by atoms with van der Waals surface area (Å²) in [5.41, 5.74) is 5.50. The summed E-state index contributed by atoms with van der Waals surface area (Å²) in [7, 11) is 0. The Labute approximate surface area is 161 Å². The smallest absolute Gasteiger partial charge is 0.282 e. The first-order chi connectivity index (χ1) is 12.8. The van der Waals surface area contributed by atoms with Crippen molar-refractivity contribution >= 4 is 17.3 Å². The molecule has 3 N–H and O–H groups in total. The predicted octanol–water partition coefficient (Wildman–Crippen LogP) is 2.05. The van der Waals surface area contributed by atoms with Crippen molar-refractivity contribution in [2.24, 2.45) is 0 Å². The van der Waals surface area contributed by atoms with Crippen LogP contribution < -0.4 is 15.1 Å². The number of rotatable bonds is 4. The van der Waals surface area contributed by atoms with Gasteiger partial charge >= 0.3 is 0 Å². The fourth-order valence-corrected chi connectivity index (χ4v) is 3.94. The number of benzene rings is 2. The van der Waals surface area contributed by atoms with E-state index in [1.165, 1.54) is 10.5 Å². The Kier molecular flexibility index (Phi) is 5.71. The lowest BCUT2D eigenvalue weighted by atomic mass is 10.0. The third-order valence-corrected chi connectivity index (χ3v) is 5.55. The molecule has 5 nitrogen and oxygen atoms in total. The van der Waals surface area contributed by atoms with Gasteiger partial charge in [-0.25, -0.2) is 0 Å². The van der Waals surface area contributed by atoms with Crippen LogP contribution in [0.4, 0.5) is 11.4 Å². The number of amides is 1. The molecule has 0 bridgehead atoms. The first-order valence-corrected chi connectivity index (χ1v) is 9.62. The molecule has 1 saturated heterocycles. The molecule has 0 radical (unpaired) electrons. The number of piperazine rings is 1. The third-order valence-electron chi connectivity index (χ3n) is 5.55. The fraction of sp³-hybridized carbons (Fsp3) is 0.409. The lowest BCUT2D eigenvalue weighted by Crippen LogP contribution is -3.19. The second-order valence-electron chi connectivity index (χ2n) is 7.65. The van der Waals surface area contributed by atoms with Crippen LogP contribution in [0, 0.1) is 20.8 Å². The maximum absolute atomic E-state index is 12.8. The van der Waals surface area contributed by atoms with Crippen molar-refractivity contribution in [3.05, 3.63) is 53.1 Å². The molecule has 0 saturated carbocycles. The average molecular weight is 369 g/mol. The topological polar surface area (TPSA) is 57.0 Å². The van der Waals surface area contributed by atoms with E-state index >= 15 is 0 Å². The van der Waals surface area contributed by atoms with Crippen LogP contribution in [-0.4, -0.2) is 43.2 Å². The highest BCUT2D eigenvalue weighted by Crippen LogP contribution is 2.22. The molecule has 0 aromatic heterocycles. The van der Waals surface area contributed by atoms with Crippen LogP contribution in [0.25, 0.3) is 0 Å². The van der Waals surface area contributed by atoms with Crippen molar-refractivity contribution in [2.45, 2.75) is 33.7 Å². The molecule has 1 fully saturated rings. The Hall–Kier alpha value is -2.53. The summed E-state index contributed by atoms with van der Waals surface area (Å²) in [6, 6.07) is 11.5. The van der Waals surface area contributed by atoms with Gasteiger partial charge in [0.25, 0.3) is 5.91 Å². The highest BCUT2D eigenvalue weighted by atomic mass is 16.3. The van der Waals surface area contributed by atoms with E-state index in [0.29, 0.717) is 0 Å². The molecule has 3 rings (SSSR count). The molecule has 5 heteroatoms. The molecule has 2 aromatic rings. The first kappa shape index (κ1) is 19.2. The number of hydrogen-bond donors (Lipinski definition) is 3. The van der Waals surface area contributed by atoms with Gasteiger partial charge in [-0.05, 0) is 63.1 Å². The van der Waals surface area contributed by atoms with Crippen LogP contribution in [-0.2, 0) is 4.79 Å². The number of nitrogens with zero attached hydrogens (tertiary/aromatic N) is 1. The van der Waals surface area contributed by atoms with Gasteiger partial charge in [-0.3, -0.25) is 4.79 Å². The van der Waals surface area contributed by atoms with E-state index in [-0.39, 0.29) is 17.7 Å². The zero-order chi connectivity index (χ0) is 19.6. The molecule has 1 amide bonds. The number of carbonyl (C=O) groups excluding carboxylic acids is 1. The molecule has 1 aliphatic heterocycles. The van der Waals surface area contributed by atoms with E-state index in [2.05, 4.69) is 29.3 Å². The SMILES string of the molecule is Cc1cc(C)c(NC(=O)[C@H](C)[NH+]2CCN(c3ccc(O)cc3)CC2)c(C)c1. The minimum atomic E-state index is -0.0907. The van der Waals surface area contributed by atoms with Crippen molar-refractivity contribution in [1.82, 2.24) is 0 Å². The van der Waals surface area contributed by atoms with E-state index in [0.717, 1.165) is 48.7 Å². The van der Waals surface area contributed by atoms with Gasteiger partial charge in [-0.1, -0.05) is 17.7 Å². The van der Waals surface area contributed by atoms with Gasteiger partial charge in [-0.15, -0.1) is 0 Å². The zero-order valence-corrected chi connectivity index (χ0v) is 16.7. The molecule has 1 heterocycles. The monoisotopic (exact) mass is 368 g/mol. The number of phenolic OH excluding ortho intramolecular Hbond substituents is 1. The van der Waals surface area contributed by atoms with Crippen LogP contribution in [0.2, 0.25) is 0 Å². The Morgan fingerprint density at radius 1 is 1.07 bits per heavy atom. The van der Waals surface area contributed by atoms with E-state index in [9.17, 15) is 9.90 Å². The van der Waals surface area contributed by atoms with Crippen LogP contribution in [0.5, 0.6) is 5.75 Å². The van der Waals surface area contributed by atoms with Crippen LogP contribution >= 0.6 is 0 Å².